The molecule has 0 N–H and O–H groups in total. The highest BCUT2D eigenvalue weighted by Crippen LogP contribution is 2.27. The smallest absolute Gasteiger partial charge is 0.310 e. The molecule has 1 atom stereocenters. The molecule has 1 aliphatic rings. The first kappa shape index (κ1) is 20.4. The second kappa shape index (κ2) is 8.78. The van der Waals surface area contributed by atoms with Crippen LogP contribution in [0.4, 0.5) is 0 Å². The Morgan fingerprint density at radius 2 is 2.04 bits per heavy atom. The number of amides is 1. The minimum absolute atomic E-state index is 0.0818. The monoisotopic (exact) mass is 403 g/mol. The van der Waals surface area contributed by atoms with Gasteiger partial charge in [-0.3, -0.25) is 9.59 Å². The van der Waals surface area contributed by atoms with Crippen LogP contribution in [-0.4, -0.2) is 46.3 Å². The summed E-state index contributed by atoms with van der Waals surface area (Å²) in [4.78, 5) is 27.2. The van der Waals surface area contributed by atoms with E-state index in [1.165, 1.54) is 0 Å². The summed E-state index contributed by atoms with van der Waals surface area (Å²) in [6, 6.07) is 7.46. The normalized spacial score (nSPS) is 16.9. The summed E-state index contributed by atoms with van der Waals surface area (Å²) in [6.45, 7) is 7.01. The standard InChI is InChI=1S/C21H26ClN3O3/c1-4-17-19(14(3)23-25(17)18-11-7-6-10-16(18)22)20(26)24-12-8-9-15(13-24)21(27)28-5-2/h6-7,10-11,15H,4-5,8-9,12-13H2,1-3H3/t15-/m1/s1. The summed E-state index contributed by atoms with van der Waals surface area (Å²) >= 11 is 6.35. The van der Waals surface area contributed by atoms with Gasteiger partial charge in [0.1, 0.15) is 0 Å². The summed E-state index contributed by atoms with van der Waals surface area (Å²) in [5, 5.41) is 5.19. The Morgan fingerprint density at radius 1 is 1.29 bits per heavy atom. The van der Waals surface area contributed by atoms with Crippen molar-refractivity contribution in [3.8, 4) is 5.69 Å². The van der Waals surface area contributed by atoms with Crippen LogP contribution in [0.15, 0.2) is 24.3 Å². The van der Waals surface area contributed by atoms with Crippen LogP contribution in [0.5, 0.6) is 0 Å². The highest BCUT2D eigenvalue weighted by molar-refractivity contribution is 6.32. The third-order valence-electron chi connectivity index (χ3n) is 5.11. The van der Waals surface area contributed by atoms with Crippen molar-refractivity contribution in [1.82, 2.24) is 14.7 Å². The number of nitrogens with zero attached hydrogens (tertiary/aromatic N) is 3. The van der Waals surface area contributed by atoms with Crippen molar-refractivity contribution in [1.29, 1.82) is 0 Å². The topological polar surface area (TPSA) is 64.4 Å². The molecule has 1 aliphatic heterocycles. The minimum Gasteiger partial charge on any atom is -0.466 e. The number of rotatable bonds is 5. The molecule has 0 spiro atoms. The number of hydrogen-bond acceptors (Lipinski definition) is 4. The zero-order valence-corrected chi connectivity index (χ0v) is 17.3. The number of likely N-dealkylation sites (tertiary alicyclic amines) is 1. The second-order valence-electron chi connectivity index (χ2n) is 6.97. The number of ether oxygens (including phenoxy) is 1. The van der Waals surface area contributed by atoms with E-state index in [1.54, 1.807) is 16.5 Å². The summed E-state index contributed by atoms with van der Waals surface area (Å²) in [5.74, 6) is -0.567. The van der Waals surface area contributed by atoms with Gasteiger partial charge in [0.05, 0.1) is 40.2 Å². The third-order valence-corrected chi connectivity index (χ3v) is 5.43. The lowest BCUT2D eigenvalue weighted by Gasteiger charge is -2.31. The summed E-state index contributed by atoms with van der Waals surface area (Å²) < 4.78 is 6.91. The van der Waals surface area contributed by atoms with E-state index in [0.717, 1.165) is 24.2 Å². The van der Waals surface area contributed by atoms with Crippen molar-refractivity contribution in [2.45, 2.75) is 40.0 Å². The molecule has 0 unspecified atom stereocenters. The van der Waals surface area contributed by atoms with Gasteiger partial charge in [-0.2, -0.15) is 5.10 Å². The van der Waals surface area contributed by atoms with Gasteiger partial charge in [-0.15, -0.1) is 0 Å². The number of benzene rings is 1. The van der Waals surface area contributed by atoms with E-state index in [9.17, 15) is 9.59 Å². The van der Waals surface area contributed by atoms with E-state index in [4.69, 9.17) is 16.3 Å². The number of carbonyl (C=O) groups is 2. The van der Waals surface area contributed by atoms with Gasteiger partial charge in [0.2, 0.25) is 0 Å². The quantitative estimate of drug-likeness (QED) is 0.712. The first-order chi connectivity index (χ1) is 13.5. The average molecular weight is 404 g/mol. The van der Waals surface area contributed by atoms with Crippen molar-refractivity contribution < 1.29 is 14.3 Å². The van der Waals surface area contributed by atoms with Crippen LogP contribution in [-0.2, 0) is 16.0 Å². The third kappa shape index (κ3) is 3.92. The predicted octanol–water partition coefficient (Wildman–Crippen LogP) is 3.81. The molecule has 1 saturated heterocycles. The molecule has 2 aromatic rings. The molecule has 0 saturated carbocycles. The molecule has 3 rings (SSSR count). The van der Waals surface area contributed by atoms with Gasteiger partial charge < -0.3 is 9.64 Å². The first-order valence-electron chi connectivity index (χ1n) is 9.77. The summed E-state index contributed by atoms with van der Waals surface area (Å²) in [7, 11) is 0. The van der Waals surface area contributed by atoms with Crippen molar-refractivity contribution in [3.05, 3.63) is 46.2 Å². The van der Waals surface area contributed by atoms with Gasteiger partial charge in [-0.1, -0.05) is 30.7 Å². The summed E-state index contributed by atoms with van der Waals surface area (Å²) in [5.41, 5.74) is 2.85. The number of aromatic nitrogens is 2. The fourth-order valence-corrected chi connectivity index (χ4v) is 3.99. The van der Waals surface area contributed by atoms with E-state index in [0.29, 0.717) is 42.4 Å². The molecule has 0 aliphatic carbocycles. The Bertz CT molecular complexity index is 878. The molecular weight excluding hydrogens is 378 g/mol. The van der Waals surface area contributed by atoms with Crippen LogP contribution in [0.25, 0.3) is 5.69 Å². The van der Waals surface area contributed by atoms with E-state index < -0.39 is 0 Å². The summed E-state index contributed by atoms with van der Waals surface area (Å²) in [6.07, 6.45) is 2.18. The molecule has 1 fully saturated rings. The largest absolute Gasteiger partial charge is 0.466 e. The van der Waals surface area contributed by atoms with Gasteiger partial charge in [0.15, 0.2) is 0 Å². The van der Waals surface area contributed by atoms with E-state index >= 15 is 0 Å². The second-order valence-corrected chi connectivity index (χ2v) is 7.37. The number of piperidine rings is 1. The highest BCUT2D eigenvalue weighted by atomic mass is 35.5. The van der Waals surface area contributed by atoms with Crippen LogP contribution >= 0.6 is 11.6 Å². The zero-order chi connectivity index (χ0) is 20.3. The fourth-order valence-electron chi connectivity index (χ4n) is 3.77. The number of hydrogen-bond donors (Lipinski definition) is 0. The molecule has 1 amide bonds. The fraction of sp³-hybridized carbons (Fsp3) is 0.476. The Labute approximate surface area is 170 Å². The van der Waals surface area contributed by atoms with Crippen LogP contribution in [0.2, 0.25) is 5.02 Å². The van der Waals surface area contributed by atoms with Gasteiger partial charge in [0, 0.05) is 13.1 Å². The van der Waals surface area contributed by atoms with Crippen molar-refractivity contribution >= 4 is 23.5 Å². The van der Waals surface area contributed by atoms with Crippen molar-refractivity contribution in [3.63, 3.8) is 0 Å². The Balaban J connectivity index is 1.92. The zero-order valence-electron chi connectivity index (χ0n) is 16.6. The lowest BCUT2D eigenvalue weighted by Crippen LogP contribution is -2.43. The number of halogens is 1. The maximum absolute atomic E-state index is 13.3. The molecule has 0 bridgehead atoms. The Hall–Kier alpha value is -2.34. The van der Waals surface area contributed by atoms with Gasteiger partial charge >= 0.3 is 5.97 Å². The number of aryl methyl sites for hydroxylation is 1. The maximum atomic E-state index is 13.3. The minimum atomic E-state index is -0.262. The van der Waals surface area contributed by atoms with E-state index in [-0.39, 0.29) is 17.8 Å². The molecule has 7 heteroatoms. The van der Waals surface area contributed by atoms with Crippen molar-refractivity contribution in [2.75, 3.05) is 19.7 Å². The van der Waals surface area contributed by atoms with Crippen LogP contribution in [0, 0.1) is 12.8 Å². The Kier molecular flexibility index (Phi) is 6.39. The van der Waals surface area contributed by atoms with Gasteiger partial charge in [0.25, 0.3) is 5.91 Å². The first-order valence-corrected chi connectivity index (χ1v) is 10.1. The lowest BCUT2D eigenvalue weighted by molar-refractivity contribution is -0.149. The SMILES string of the molecule is CCOC(=O)[C@@H]1CCCN(C(=O)c2c(C)nn(-c3ccccc3Cl)c2CC)C1. The molecular formula is C21H26ClN3O3. The highest BCUT2D eigenvalue weighted by Gasteiger charge is 2.32. The predicted molar refractivity (Wildman–Crippen MR) is 108 cm³/mol. The number of esters is 1. The van der Waals surface area contributed by atoms with Gasteiger partial charge in [-0.25, -0.2) is 4.68 Å². The number of para-hydroxylation sites is 1. The molecule has 1 aromatic heterocycles. The average Bonchev–Trinajstić information content (AvgIpc) is 3.04. The number of carbonyl (C=O) groups excluding carboxylic acids is 2. The molecule has 2 heterocycles. The van der Waals surface area contributed by atoms with E-state index in [1.807, 2.05) is 38.1 Å². The molecule has 28 heavy (non-hydrogen) atoms. The maximum Gasteiger partial charge on any atom is 0.310 e. The van der Waals surface area contributed by atoms with Crippen molar-refractivity contribution in [2.24, 2.45) is 5.92 Å². The molecule has 6 nitrogen and oxygen atoms in total. The lowest BCUT2D eigenvalue weighted by atomic mass is 9.97. The van der Waals surface area contributed by atoms with Gasteiger partial charge in [-0.05, 0) is 45.2 Å². The van der Waals surface area contributed by atoms with Crippen LogP contribution in [0.1, 0.15) is 48.4 Å². The molecule has 150 valence electrons. The molecule has 0 radical (unpaired) electrons. The molecule has 1 aromatic carbocycles. The van der Waals surface area contributed by atoms with E-state index in [2.05, 4.69) is 5.10 Å². The van der Waals surface area contributed by atoms with Crippen LogP contribution in [0.3, 0.4) is 0 Å². The van der Waals surface area contributed by atoms with Crippen LogP contribution < -0.4 is 0 Å². The Morgan fingerprint density at radius 3 is 2.71 bits per heavy atom.